The molecule has 0 spiro atoms. The molecule has 0 radical (unpaired) electrons. The van der Waals surface area contributed by atoms with E-state index in [0.717, 1.165) is 5.56 Å². The summed E-state index contributed by atoms with van der Waals surface area (Å²) < 4.78 is 19.6. The second-order valence-electron chi connectivity index (χ2n) is 6.19. The standard InChI is InChI=1S/C17H18ClFN2O2/c1-10(22)21-11-5-6-15(14(19)7-11)23-12-8-13(17(2,3)4)16(18)20-9-12/h5-9H,1-4H3,(H,21,22). The number of amides is 1. The van der Waals surface area contributed by atoms with E-state index in [9.17, 15) is 9.18 Å². The minimum absolute atomic E-state index is 0.0445. The first kappa shape index (κ1) is 17.2. The van der Waals surface area contributed by atoms with Crippen LogP contribution in [-0.2, 0) is 10.2 Å². The van der Waals surface area contributed by atoms with Crippen LogP contribution >= 0.6 is 11.6 Å². The maximum Gasteiger partial charge on any atom is 0.221 e. The molecule has 0 atom stereocenters. The number of rotatable bonds is 3. The number of hydrogen-bond donors (Lipinski definition) is 1. The second kappa shape index (κ2) is 6.54. The Morgan fingerprint density at radius 2 is 2.00 bits per heavy atom. The third kappa shape index (κ3) is 4.42. The number of carbonyl (C=O) groups excluding carboxylic acids is 1. The molecular weight excluding hydrogens is 319 g/mol. The van der Waals surface area contributed by atoms with Crippen LogP contribution in [0, 0.1) is 5.82 Å². The monoisotopic (exact) mass is 336 g/mol. The van der Waals surface area contributed by atoms with E-state index in [-0.39, 0.29) is 17.1 Å². The van der Waals surface area contributed by atoms with Gasteiger partial charge in [0, 0.05) is 18.7 Å². The molecule has 1 aromatic heterocycles. The molecule has 6 heteroatoms. The SMILES string of the molecule is CC(=O)Nc1ccc(Oc2cnc(Cl)c(C(C)(C)C)c2)c(F)c1. The van der Waals surface area contributed by atoms with Crippen molar-refractivity contribution in [2.75, 3.05) is 5.32 Å². The molecule has 2 rings (SSSR count). The molecule has 1 N–H and O–H groups in total. The number of halogens is 2. The minimum atomic E-state index is -0.580. The van der Waals surface area contributed by atoms with Crippen LogP contribution in [0.15, 0.2) is 30.5 Å². The van der Waals surface area contributed by atoms with Crippen molar-refractivity contribution in [3.8, 4) is 11.5 Å². The van der Waals surface area contributed by atoms with Crippen LogP contribution in [0.1, 0.15) is 33.3 Å². The van der Waals surface area contributed by atoms with Gasteiger partial charge in [0.15, 0.2) is 11.6 Å². The fourth-order valence-corrected chi connectivity index (χ4v) is 2.39. The van der Waals surface area contributed by atoms with Gasteiger partial charge in [-0.2, -0.15) is 0 Å². The Labute approximate surface area is 139 Å². The van der Waals surface area contributed by atoms with E-state index < -0.39 is 5.82 Å². The Morgan fingerprint density at radius 1 is 1.30 bits per heavy atom. The first-order valence-electron chi connectivity index (χ1n) is 7.08. The molecule has 0 saturated heterocycles. The molecule has 0 aliphatic heterocycles. The van der Waals surface area contributed by atoms with E-state index >= 15 is 0 Å². The smallest absolute Gasteiger partial charge is 0.221 e. The topological polar surface area (TPSA) is 51.2 Å². The third-order valence-corrected chi connectivity index (χ3v) is 3.40. The summed E-state index contributed by atoms with van der Waals surface area (Å²) in [6, 6.07) is 5.96. The summed E-state index contributed by atoms with van der Waals surface area (Å²) in [7, 11) is 0. The van der Waals surface area contributed by atoms with Gasteiger partial charge in [-0.3, -0.25) is 4.79 Å². The molecule has 23 heavy (non-hydrogen) atoms. The lowest BCUT2D eigenvalue weighted by Gasteiger charge is -2.20. The van der Waals surface area contributed by atoms with Crippen LogP contribution in [0.5, 0.6) is 11.5 Å². The van der Waals surface area contributed by atoms with Crippen molar-refractivity contribution in [3.05, 3.63) is 47.0 Å². The van der Waals surface area contributed by atoms with Crippen LogP contribution in [0.3, 0.4) is 0 Å². The quantitative estimate of drug-likeness (QED) is 0.809. The van der Waals surface area contributed by atoms with Crippen molar-refractivity contribution in [2.45, 2.75) is 33.1 Å². The van der Waals surface area contributed by atoms with Gasteiger partial charge >= 0.3 is 0 Å². The maximum atomic E-state index is 14.1. The van der Waals surface area contributed by atoms with E-state index in [4.69, 9.17) is 16.3 Å². The van der Waals surface area contributed by atoms with Crippen LogP contribution in [0.4, 0.5) is 10.1 Å². The Kier molecular flexibility index (Phi) is 4.90. The average Bonchev–Trinajstić information content (AvgIpc) is 2.42. The van der Waals surface area contributed by atoms with Gasteiger partial charge in [-0.15, -0.1) is 0 Å². The normalized spacial score (nSPS) is 11.2. The molecule has 122 valence electrons. The van der Waals surface area contributed by atoms with E-state index in [1.165, 1.54) is 25.3 Å². The predicted octanol–water partition coefficient (Wildman–Crippen LogP) is 4.92. The lowest BCUT2D eigenvalue weighted by Crippen LogP contribution is -2.12. The number of benzene rings is 1. The molecule has 0 fully saturated rings. The highest BCUT2D eigenvalue weighted by Crippen LogP contribution is 2.33. The van der Waals surface area contributed by atoms with Crippen molar-refractivity contribution < 1.29 is 13.9 Å². The molecular formula is C17H18ClFN2O2. The predicted molar refractivity (Wildman–Crippen MR) is 88.7 cm³/mol. The number of nitrogens with one attached hydrogen (secondary N) is 1. The molecule has 0 aliphatic carbocycles. The number of nitrogens with zero attached hydrogens (tertiary/aromatic N) is 1. The summed E-state index contributed by atoms with van der Waals surface area (Å²) in [6.45, 7) is 7.36. The molecule has 1 heterocycles. The fourth-order valence-electron chi connectivity index (χ4n) is 2.00. The van der Waals surface area contributed by atoms with E-state index in [1.807, 2.05) is 20.8 Å². The lowest BCUT2D eigenvalue weighted by atomic mass is 9.88. The largest absolute Gasteiger partial charge is 0.453 e. The summed E-state index contributed by atoms with van der Waals surface area (Å²) in [5, 5.41) is 2.90. The van der Waals surface area contributed by atoms with Crippen LogP contribution < -0.4 is 10.1 Å². The Morgan fingerprint density at radius 3 is 2.57 bits per heavy atom. The summed E-state index contributed by atoms with van der Waals surface area (Å²) in [6.07, 6.45) is 1.44. The van der Waals surface area contributed by atoms with Gasteiger partial charge < -0.3 is 10.1 Å². The number of pyridine rings is 1. The summed E-state index contributed by atoms with van der Waals surface area (Å²) in [5.74, 6) is -0.410. The number of aromatic nitrogens is 1. The van der Waals surface area contributed by atoms with Crippen LogP contribution in [-0.4, -0.2) is 10.9 Å². The van der Waals surface area contributed by atoms with Gasteiger partial charge in [-0.1, -0.05) is 32.4 Å². The third-order valence-electron chi connectivity index (χ3n) is 3.10. The van der Waals surface area contributed by atoms with E-state index in [1.54, 1.807) is 12.1 Å². The van der Waals surface area contributed by atoms with Crippen molar-refractivity contribution in [2.24, 2.45) is 0 Å². The number of ether oxygens (including phenoxy) is 1. The van der Waals surface area contributed by atoms with Crippen LogP contribution in [0.25, 0.3) is 0 Å². The molecule has 1 aromatic carbocycles. The van der Waals surface area contributed by atoms with Gasteiger partial charge in [0.2, 0.25) is 5.91 Å². The first-order valence-corrected chi connectivity index (χ1v) is 7.45. The van der Waals surface area contributed by atoms with Crippen molar-refractivity contribution in [1.82, 2.24) is 4.98 Å². The lowest BCUT2D eigenvalue weighted by molar-refractivity contribution is -0.114. The summed E-state index contributed by atoms with van der Waals surface area (Å²) in [5.41, 5.74) is 0.968. The maximum absolute atomic E-state index is 14.1. The van der Waals surface area contributed by atoms with Gasteiger partial charge in [-0.05, 0) is 29.2 Å². The van der Waals surface area contributed by atoms with E-state index in [0.29, 0.717) is 16.6 Å². The number of carbonyl (C=O) groups is 1. The minimum Gasteiger partial charge on any atom is -0.453 e. The van der Waals surface area contributed by atoms with Crippen molar-refractivity contribution >= 4 is 23.2 Å². The molecule has 0 aliphatic rings. The summed E-state index contributed by atoms with van der Waals surface area (Å²) >= 11 is 6.10. The number of anilines is 1. The molecule has 2 aromatic rings. The molecule has 0 unspecified atom stereocenters. The Balaban J connectivity index is 2.27. The molecule has 1 amide bonds. The zero-order chi connectivity index (χ0) is 17.2. The highest BCUT2D eigenvalue weighted by Gasteiger charge is 2.19. The van der Waals surface area contributed by atoms with Crippen molar-refractivity contribution in [1.29, 1.82) is 0 Å². The first-order chi connectivity index (χ1) is 10.7. The van der Waals surface area contributed by atoms with Gasteiger partial charge in [-0.25, -0.2) is 9.37 Å². The summed E-state index contributed by atoms with van der Waals surface area (Å²) in [4.78, 5) is 15.1. The average molecular weight is 337 g/mol. The highest BCUT2D eigenvalue weighted by molar-refractivity contribution is 6.30. The fraction of sp³-hybridized carbons (Fsp3) is 0.294. The van der Waals surface area contributed by atoms with E-state index in [2.05, 4.69) is 10.3 Å². The van der Waals surface area contributed by atoms with Gasteiger partial charge in [0.05, 0.1) is 6.20 Å². The highest BCUT2D eigenvalue weighted by atomic mass is 35.5. The second-order valence-corrected chi connectivity index (χ2v) is 6.55. The Bertz CT molecular complexity index is 742. The molecule has 0 bridgehead atoms. The van der Waals surface area contributed by atoms with Gasteiger partial charge in [0.25, 0.3) is 0 Å². The zero-order valence-electron chi connectivity index (χ0n) is 13.4. The Hall–Kier alpha value is -2.14. The molecule has 4 nitrogen and oxygen atoms in total. The van der Waals surface area contributed by atoms with Gasteiger partial charge in [0.1, 0.15) is 10.9 Å². The van der Waals surface area contributed by atoms with Crippen LogP contribution in [0.2, 0.25) is 5.15 Å². The molecule has 0 saturated carbocycles. The number of hydrogen-bond acceptors (Lipinski definition) is 3. The van der Waals surface area contributed by atoms with Crippen molar-refractivity contribution in [3.63, 3.8) is 0 Å². The zero-order valence-corrected chi connectivity index (χ0v) is 14.2.